The first kappa shape index (κ1) is 26.9. The molecule has 0 fully saturated rings. The van der Waals surface area contributed by atoms with Gasteiger partial charge in [0.05, 0.1) is 22.8 Å². The lowest BCUT2D eigenvalue weighted by molar-refractivity contribution is -0.114. The maximum atomic E-state index is 13.8. The molecule has 0 spiro atoms. The van der Waals surface area contributed by atoms with Crippen LogP contribution in [0.3, 0.4) is 0 Å². The molecule has 0 saturated heterocycles. The lowest BCUT2D eigenvalue weighted by Gasteiger charge is -2.26. The van der Waals surface area contributed by atoms with Gasteiger partial charge in [0, 0.05) is 4.88 Å². The van der Waals surface area contributed by atoms with Gasteiger partial charge in [-0.25, -0.2) is 13.2 Å². The molecule has 3 aromatic rings. The molecule has 0 saturated carbocycles. The number of carbonyl (C=O) groups is 2. The Morgan fingerprint density at radius 1 is 1.03 bits per heavy atom. The third-order valence-corrected chi connectivity index (χ3v) is 9.42. The summed E-state index contributed by atoms with van der Waals surface area (Å²) in [4.78, 5) is 27.4. The van der Waals surface area contributed by atoms with Crippen LogP contribution in [0.25, 0.3) is 0 Å². The van der Waals surface area contributed by atoms with E-state index < -0.39 is 28.4 Å². The summed E-state index contributed by atoms with van der Waals surface area (Å²) in [5.41, 5.74) is 3.54. The molecule has 1 aliphatic rings. The Balaban J connectivity index is 1.70. The first-order valence-corrected chi connectivity index (χ1v) is 14.8. The highest BCUT2D eigenvalue weighted by Crippen LogP contribution is 2.39. The van der Waals surface area contributed by atoms with Gasteiger partial charge in [-0.05, 0) is 75.3 Å². The van der Waals surface area contributed by atoms with E-state index in [9.17, 15) is 18.0 Å². The molecular weight excluding hydrogens is 508 g/mol. The predicted octanol–water partition coefficient (Wildman–Crippen LogP) is 5.51. The summed E-state index contributed by atoms with van der Waals surface area (Å²) in [6, 6.07) is 13.8. The second-order valence-corrected chi connectivity index (χ2v) is 12.0. The van der Waals surface area contributed by atoms with E-state index in [2.05, 4.69) is 5.32 Å². The largest absolute Gasteiger partial charge is 0.462 e. The van der Waals surface area contributed by atoms with Crippen LogP contribution in [-0.2, 0) is 38.8 Å². The minimum absolute atomic E-state index is 0.107. The van der Waals surface area contributed by atoms with E-state index in [1.165, 1.54) is 11.3 Å². The number of thiophene rings is 1. The molecule has 9 heteroatoms. The number of benzene rings is 2. The molecule has 1 heterocycles. The Morgan fingerprint density at radius 3 is 2.43 bits per heavy atom. The number of amides is 1. The average molecular weight is 541 g/mol. The number of fused-ring (bicyclic) bond motifs is 1. The van der Waals surface area contributed by atoms with E-state index >= 15 is 0 Å². The minimum Gasteiger partial charge on any atom is -0.462 e. The first-order valence-electron chi connectivity index (χ1n) is 12.5. The smallest absolute Gasteiger partial charge is 0.341 e. The SMILES string of the molecule is CCOC(=O)c1c(NC(=O)CN(c2ccccc2CC)S(=O)(=O)c2ccc(C)cc2)sc2c1CCCC2. The number of hydrogen-bond acceptors (Lipinski definition) is 6. The molecule has 1 aromatic heterocycles. The number of carbonyl (C=O) groups excluding carboxylic acids is 2. The van der Waals surface area contributed by atoms with Crippen LogP contribution in [0.4, 0.5) is 10.7 Å². The molecule has 37 heavy (non-hydrogen) atoms. The second-order valence-electron chi connectivity index (χ2n) is 8.99. The Hall–Kier alpha value is -3.17. The third-order valence-electron chi connectivity index (χ3n) is 6.44. The molecule has 0 bridgehead atoms. The van der Waals surface area contributed by atoms with Crippen LogP contribution in [0.15, 0.2) is 53.4 Å². The number of para-hydroxylation sites is 1. The van der Waals surface area contributed by atoms with Gasteiger partial charge in [-0.15, -0.1) is 11.3 Å². The fourth-order valence-corrected chi connectivity index (χ4v) is 7.31. The van der Waals surface area contributed by atoms with Gasteiger partial charge in [-0.3, -0.25) is 9.10 Å². The molecule has 0 aliphatic heterocycles. The molecule has 196 valence electrons. The van der Waals surface area contributed by atoms with Crippen LogP contribution >= 0.6 is 11.3 Å². The first-order chi connectivity index (χ1) is 17.8. The van der Waals surface area contributed by atoms with E-state index in [0.717, 1.165) is 51.6 Å². The summed E-state index contributed by atoms with van der Waals surface area (Å²) in [6.07, 6.45) is 4.20. The number of nitrogens with zero attached hydrogens (tertiary/aromatic N) is 1. The van der Waals surface area contributed by atoms with Crippen LogP contribution < -0.4 is 9.62 Å². The number of sulfonamides is 1. The van der Waals surface area contributed by atoms with Gasteiger partial charge in [0.1, 0.15) is 11.5 Å². The van der Waals surface area contributed by atoms with Crippen LogP contribution in [0.5, 0.6) is 0 Å². The number of rotatable bonds is 9. The second kappa shape index (κ2) is 11.5. The normalized spacial score (nSPS) is 13.1. The van der Waals surface area contributed by atoms with E-state index in [-0.39, 0.29) is 11.5 Å². The van der Waals surface area contributed by atoms with Crippen LogP contribution in [0.2, 0.25) is 0 Å². The fourth-order valence-electron chi connectivity index (χ4n) is 4.56. The van der Waals surface area contributed by atoms with Crippen molar-refractivity contribution in [2.75, 3.05) is 22.8 Å². The number of esters is 1. The van der Waals surface area contributed by atoms with E-state index in [1.807, 2.05) is 26.0 Å². The summed E-state index contributed by atoms with van der Waals surface area (Å²) in [7, 11) is -4.04. The molecule has 0 unspecified atom stereocenters. The van der Waals surface area contributed by atoms with E-state index in [0.29, 0.717) is 22.7 Å². The topological polar surface area (TPSA) is 92.8 Å². The molecule has 0 atom stereocenters. The Bertz CT molecular complexity index is 1390. The predicted molar refractivity (Wildman–Crippen MR) is 147 cm³/mol. The summed E-state index contributed by atoms with van der Waals surface area (Å²) in [5, 5.41) is 3.27. The number of nitrogens with one attached hydrogen (secondary N) is 1. The lowest BCUT2D eigenvalue weighted by atomic mass is 9.95. The third kappa shape index (κ3) is 5.72. The number of anilines is 2. The Morgan fingerprint density at radius 2 is 1.73 bits per heavy atom. The van der Waals surface area contributed by atoms with Crippen LogP contribution in [-0.4, -0.2) is 33.4 Å². The number of hydrogen-bond donors (Lipinski definition) is 1. The van der Waals surface area contributed by atoms with Crippen molar-refractivity contribution < 1.29 is 22.7 Å². The molecule has 1 amide bonds. The van der Waals surface area contributed by atoms with Crippen molar-refractivity contribution in [3.8, 4) is 0 Å². The highest BCUT2D eigenvalue weighted by Gasteiger charge is 2.31. The highest BCUT2D eigenvalue weighted by molar-refractivity contribution is 7.92. The Labute approximate surface area is 222 Å². The summed E-state index contributed by atoms with van der Waals surface area (Å²) in [5.74, 6) is -0.983. The van der Waals surface area contributed by atoms with Gasteiger partial charge >= 0.3 is 5.97 Å². The molecular formula is C28H32N2O5S2. The zero-order chi connectivity index (χ0) is 26.6. The quantitative estimate of drug-likeness (QED) is 0.362. The van der Waals surface area contributed by atoms with Crippen molar-refractivity contribution in [3.05, 3.63) is 75.7 Å². The number of ether oxygens (including phenoxy) is 1. The van der Waals surface area contributed by atoms with E-state index in [1.54, 1.807) is 43.3 Å². The lowest BCUT2D eigenvalue weighted by Crippen LogP contribution is -2.38. The fraction of sp³-hybridized carbons (Fsp3) is 0.357. The van der Waals surface area contributed by atoms with Gasteiger partial charge in [-0.1, -0.05) is 42.8 Å². The minimum atomic E-state index is -4.04. The maximum Gasteiger partial charge on any atom is 0.341 e. The van der Waals surface area contributed by atoms with Gasteiger partial charge in [-0.2, -0.15) is 0 Å². The molecule has 7 nitrogen and oxygen atoms in total. The summed E-state index contributed by atoms with van der Waals surface area (Å²) in [6.45, 7) is 5.37. The zero-order valence-corrected chi connectivity index (χ0v) is 23.0. The molecule has 1 N–H and O–H groups in total. The van der Waals surface area contributed by atoms with Crippen molar-refractivity contribution in [2.45, 2.75) is 57.8 Å². The monoisotopic (exact) mass is 540 g/mol. The number of aryl methyl sites for hydroxylation is 3. The molecule has 0 radical (unpaired) electrons. The van der Waals surface area contributed by atoms with Crippen LogP contribution in [0, 0.1) is 6.92 Å². The van der Waals surface area contributed by atoms with Gasteiger partial charge in [0.2, 0.25) is 5.91 Å². The molecule has 2 aromatic carbocycles. The molecule has 4 rings (SSSR count). The van der Waals surface area contributed by atoms with Gasteiger partial charge in [0.15, 0.2) is 0 Å². The highest BCUT2D eigenvalue weighted by atomic mass is 32.2. The standard InChI is InChI=1S/C28H32N2O5S2/c1-4-20-10-6-8-12-23(20)30(37(33,34)21-16-14-19(3)15-17-21)18-25(31)29-27-26(28(32)35-5-2)22-11-7-9-13-24(22)36-27/h6,8,10,12,14-17H,4-5,7,9,11,13,18H2,1-3H3,(H,29,31). The Kier molecular flexibility index (Phi) is 8.34. The molecule has 1 aliphatic carbocycles. The van der Waals surface area contributed by atoms with Crippen molar-refractivity contribution in [1.82, 2.24) is 0 Å². The maximum absolute atomic E-state index is 13.8. The summed E-state index contributed by atoms with van der Waals surface area (Å²) < 4.78 is 34.0. The summed E-state index contributed by atoms with van der Waals surface area (Å²) >= 11 is 1.38. The zero-order valence-electron chi connectivity index (χ0n) is 21.4. The van der Waals surface area contributed by atoms with Gasteiger partial charge in [0.25, 0.3) is 10.0 Å². The van der Waals surface area contributed by atoms with E-state index in [4.69, 9.17) is 4.74 Å². The van der Waals surface area contributed by atoms with Crippen molar-refractivity contribution in [3.63, 3.8) is 0 Å². The average Bonchev–Trinajstić information content (AvgIpc) is 3.25. The van der Waals surface area contributed by atoms with Crippen molar-refractivity contribution >= 4 is 43.9 Å². The van der Waals surface area contributed by atoms with Gasteiger partial charge < -0.3 is 10.1 Å². The van der Waals surface area contributed by atoms with Crippen LogP contribution in [0.1, 0.15) is 58.6 Å². The van der Waals surface area contributed by atoms with Crippen molar-refractivity contribution in [1.29, 1.82) is 0 Å². The van der Waals surface area contributed by atoms with Crippen molar-refractivity contribution in [2.24, 2.45) is 0 Å².